The van der Waals surface area contributed by atoms with Gasteiger partial charge in [-0.2, -0.15) is 14.2 Å². The van der Waals surface area contributed by atoms with E-state index in [9.17, 15) is 14.8 Å². The topological polar surface area (TPSA) is 116 Å². The minimum atomic E-state index is -0.790. The Labute approximate surface area is 221 Å². The molecule has 0 aliphatic heterocycles. The molecule has 2 aliphatic rings. The normalized spacial score (nSPS) is 15.9. The molecule has 3 aromatic heterocycles. The molecule has 38 heavy (non-hydrogen) atoms. The van der Waals surface area contributed by atoms with Crippen LogP contribution in [0.3, 0.4) is 0 Å². The van der Waals surface area contributed by atoms with Gasteiger partial charge in [0.2, 0.25) is 11.9 Å². The van der Waals surface area contributed by atoms with Gasteiger partial charge >= 0.3 is 0 Å². The molecule has 0 radical (unpaired) electrons. The van der Waals surface area contributed by atoms with E-state index >= 15 is 4.39 Å². The number of hydrogen-bond donors (Lipinski definition) is 2. The quantitative estimate of drug-likeness (QED) is 0.239. The number of hydrogen-bond acceptors (Lipinski definition) is 5. The van der Waals surface area contributed by atoms with Gasteiger partial charge in [-0.3, -0.25) is 14.3 Å². The van der Waals surface area contributed by atoms with Crippen molar-refractivity contribution in [1.29, 1.82) is 0 Å². The van der Waals surface area contributed by atoms with Crippen molar-refractivity contribution in [3.63, 3.8) is 0 Å². The molecule has 2 aliphatic carbocycles. The van der Waals surface area contributed by atoms with E-state index in [1.54, 1.807) is 36.9 Å². The third-order valence-corrected chi connectivity index (χ3v) is 7.47. The number of nitrogens with zero attached hydrogens (tertiary/aromatic N) is 4. The monoisotopic (exact) mass is 520 g/mol. The Hall–Kier alpha value is -3.82. The van der Waals surface area contributed by atoms with E-state index in [4.69, 9.17) is 0 Å². The summed E-state index contributed by atoms with van der Waals surface area (Å²) >= 11 is 0. The summed E-state index contributed by atoms with van der Waals surface area (Å²) in [6, 6.07) is 5.64. The number of anilines is 1. The van der Waals surface area contributed by atoms with Crippen LogP contribution in [0.2, 0.25) is 0 Å². The van der Waals surface area contributed by atoms with E-state index < -0.39 is 17.9 Å². The highest BCUT2D eigenvalue weighted by Crippen LogP contribution is 2.51. The summed E-state index contributed by atoms with van der Waals surface area (Å²) in [5.41, 5.74) is 2.08. The number of carbonyl (C=O) groups is 2. The van der Waals surface area contributed by atoms with Crippen LogP contribution in [0.1, 0.15) is 60.8 Å². The number of aryl methyl sites for hydroxylation is 2. The van der Waals surface area contributed by atoms with Crippen molar-refractivity contribution in [3.8, 4) is 11.1 Å². The zero-order valence-corrected chi connectivity index (χ0v) is 21.9. The standard InChI is InChI=1S/C28H33FN6O3/c1-4-13-34-22(11-12-30-34)27(36)33-25(24(18-5-6-18)19-7-8-19)28(37)32-23-10-9-20(26(29)31-23)21-14-16(2)15-35(38)17(21)3/h9-12,14-15,18-19,24-25H,4-8,13H2,1-3H3,(H,33,36)(H,31,32,37)/t25-/m0/s1. The third-order valence-electron chi connectivity index (χ3n) is 7.47. The van der Waals surface area contributed by atoms with Crippen LogP contribution in [0.4, 0.5) is 10.2 Å². The fourth-order valence-electron chi connectivity index (χ4n) is 5.31. The molecule has 10 heteroatoms. The predicted molar refractivity (Wildman–Crippen MR) is 139 cm³/mol. The van der Waals surface area contributed by atoms with Crippen LogP contribution in [0.15, 0.2) is 36.7 Å². The van der Waals surface area contributed by atoms with Gasteiger partial charge in [0.05, 0.1) is 5.56 Å². The number of pyridine rings is 2. The third kappa shape index (κ3) is 5.39. The summed E-state index contributed by atoms with van der Waals surface area (Å²) in [6.07, 6.45) is 7.97. The lowest BCUT2D eigenvalue weighted by molar-refractivity contribution is -0.612. The maximum atomic E-state index is 15.1. The van der Waals surface area contributed by atoms with Crippen molar-refractivity contribution in [1.82, 2.24) is 20.1 Å². The van der Waals surface area contributed by atoms with Gasteiger partial charge in [-0.15, -0.1) is 0 Å². The fraction of sp³-hybridized carbons (Fsp3) is 0.464. The SMILES string of the molecule is CCCn1nccc1C(=O)N[C@H](C(=O)Nc1ccc(-c2cc(C)c[n+]([O-])c2C)c(F)n1)C(C1CC1)C1CC1. The number of nitrogens with one attached hydrogen (secondary N) is 2. The maximum absolute atomic E-state index is 15.1. The first-order valence-corrected chi connectivity index (χ1v) is 13.3. The van der Waals surface area contributed by atoms with Gasteiger partial charge in [-0.1, -0.05) is 6.92 Å². The molecule has 0 bridgehead atoms. The molecule has 2 N–H and O–H groups in total. The molecule has 3 heterocycles. The molecule has 0 aromatic carbocycles. The van der Waals surface area contributed by atoms with Crippen molar-refractivity contribution in [2.45, 2.75) is 65.5 Å². The smallest absolute Gasteiger partial charge is 0.270 e. The number of carbonyl (C=O) groups excluding carboxylic acids is 2. The Morgan fingerprint density at radius 3 is 2.50 bits per heavy atom. The van der Waals surface area contributed by atoms with Crippen LogP contribution in [0.25, 0.3) is 11.1 Å². The lowest BCUT2D eigenvalue weighted by Crippen LogP contribution is -2.50. The lowest BCUT2D eigenvalue weighted by Gasteiger charge is -2.27. The van der Waals surface area contributed by atoms with Crippen LogP contribution in [-0.4, -0.2) is 32.6 Å². The molecule has 2 amide bonds. The van der Waals surface area contributed by atoms with Gasteiger partial charge in [0.25, 0.3) is 5.91 Å². The second kappa shape index (κ2) is 10.5. The molecular weight excluding hydrogens is 487 g/mol. The first kappa shape index (κ1) is 25.8. The molecule has 2 fully saturated rings. The Morgan fingerprint density at radius 2 is 1.87 bits per heavy atom. The molecule has 200 valence electrons. The van der Waals surface area contributed by atoms with Crippen molar-refractivity contribution < 1.29 is 18.7 Å². The van der Waals surface area contributed by atoms with Gasteiger partial charge in [0.15, 0.2) is 11.9 Å². The van der Waals surface area contributed by atoms with Crippen molar-refractivity contribution in [2.24, 2.45) is 17.8 Å². The van der Waals surface area contributed by atoms with E-state index in [-0.39, 0.29) is 23.2 Å². The highest BCUT2D eigenvalue weighted by molar-refractivity contribution is 6.00. The highest BCUT2D eigenvalue weighted by atomic mass is 19.1. The molecule has 0 unspecified atom stereocenters. The average molecular weight is 521 g/mol. The van der Waals surface area contributed by atoms with Gasteiger partial charge < -0.3 is 15.8 Å². The zero-order valence-electron chi connectivity index (χ0n) is 21.9. The average Bonchev–Trinajstić information content (AvgIpc) is 3.81. The van der Waals surface area contributed by atoms with Crippen molar-refractivity contribution >= 4 is 17.6 Å². The Morgan fingerprint density at radius 1 is 1.16 bits per heavy atom. The summed E-state index contributed by atoms with van der Waals surface area (Å²) in [6.45, 7) is 5.99. The first-order valence-electron chi connectivity index (χ1n) is 13.3. The van der Waals surface area contributed by atoms with Crippen LogP contribution in [0.5, 0.6) is 0 Å². The number of amides is 2. The second-order valence-electron chi connectivity index (χ2n) is 10.5. The maximum Gasteiger partial charge on any atom is 0.270 e. The second-order valence-corrected chi connectivity index (χ2v) is 10.5. The molecular formula is C28H33FN6O3. The van der Waals surface area contributed by atoms with E-state index in [1.165, 1.54) is 18.3 Å². The molecule has 2 saturated carbocycles. The van der Waals surface area contributed by atoms with E-state index in [1.807, 2.05) is 6.92 Å². The van der Waals surface area contributed by atoms with Crippen molar-refractivity contribution in [2.75, 3.05) is 5.32 Å². The summed E-state index contributed by atoms with van der Waals surface area (Å²) in [7, 11) is 0. The highest BCUT2D eigenvalue weighted by Gasteiger charge is 2.48. The van der Waals surface area contributed by atoms with E-state index in [0.717, 1.165) is 32.1 Å². The van der Waals surface area contributed by atoms with Crippen LogP contribution >= 0.6 is 0 Å². The zero-order chi connectivity index (χ0) is 27.0. The first-order chi connectivity index (χ1) is 18.3. The van der Waals surface area contributed by atoms with Crippen molar-refractivity contribution in [3.05, 3.63) is 64.8 Å². The van der Waals surface area contributed by atoms with Crippen LogP contribution in [0, 0.1) is 42.8 Å². The van der Waals surface area contributed by atoms with Gasteiger partial charge in [0, 0.05) is 30.8 Å². The van der Waals surface area contributed by atoms with Crippen LogP contribution < -0.4 is 15.4 Å². The minimum Gasteiger partial charge on any atom is -0.618 e. The molecule has 1 atom stereocenters. The number of aromatic nitrogens is 4. The fourth-order valence-corrected chi connectivity index (χ4v) is 5.31. The molecule has 5 rings (SSSR count). The van der Waals surface area contributed by atoms with E-state index in [0.29, 0.717) is 45.6 Å². The largest absolute Gasteiger partial charge is 0.618 e. The minimum absolute atomic E-state index is 0.0214. The molecule has 0 saturated heterocycles. The summed E-state index contributed by atoms with van der Waals surface area (Å²) in [5, 5.41) is 22.1. The molecule has 3 aromatic rings. The number of rotatable bonds is 10. The Bertz CT molecular complexity index is 1350. The Balaban J connectivity index is 1.39. The Kier molecular flexibility index (Phi) is 7.14. The molecule has 0 spiro atoms. The van der Waals surface area contributed by atoms with Gasteiger partial charge in [-0.25, -0.2) is 4.98 Å². The van der Waals surface area contributed by atoms with E-state index in [2.05, 4.69) is 20.7 Å². The van der Waals surface area contributed by atoms with Crippen LogP contribution in [-0.2, 0) is 11.3 Å². The van der Waals surface area contributed by atoms with Gasteiger partial charge in [0.1, 0.15) is 17.6 Å². The predicted octanol–water partition coefficient (Wildman–Crippen LogP) is 3.92. The van der Waals surface area contributed by atoms with Gasteiger partial charge in [-0.05, 0) is 81.0 Å². The molecule has 9 nitrogen and oxygen atoms in total. The number of halogens is 1. The summed E-state index contributed by atoms with van der Waals surface area (Å²) in [4.78, 5) is 30.8. The lowest BCUT2D eigenvalue weighted by atomic mass is 9.88. The summed E-state index contributed by atoms with van der Waals surface area (Å²) < 4.78 is 17.5. The summed E-state index contributed by atoms with van der Waals surface area (Å²) in [5.74, 6) is -0.708.